The summed E-state index contributed by atoms with van der Waals surface area (Å²) in [4.78, 5) is 15.9. The number of aliphatic hydroxyl groups is 1. The van der Waals surface area contributed by atoms with E-state index in [0.717, 1.165) is 12.3 Å². The minimum Gasteiger partial charge on any atom is -0.490 e. The van der Waals surface area contributed by atoms with Gasteiger partial charge in [-0.3, -0.25) is 9.69 Å². The van der Waals surface area contributed by atoms with E-state index in [0.29, 0.717) is 25.7 Å². The van der Waals surface area contributed by atoms with Gasteiger partial charge in [-0.15, -0.1) is 0 Å². The van der Waals surface area contributed by atoms with Gasteiger partial charge >= 0.3 is 0 Å². The lowest BCUT2D eigenvalue weighted by Gasteiger charge is -2.40. The van der Waals surface area contributed by atoms with Crippen LogP contribution in [-0.2, 0) is 4.79 Å². The number of carbonyl (C=O) groups excluding carboxylic acids is 1. The first-order valence-electron chi connectivity index (χ1n) is 8.46. The molecule has 3 rings (SSSR count). The molecule has 1 atom stereocenters. The second-order valence-corrected chi connectivity index (χ2v) is 6.82. The predicted octanol–water partition coefficient (Wildman–Crippen LogP) is 1.51. The van der Waals surface area contributed by atoms with Gasteiger partial charge < -0.3 is 14.7 Å². The van der Waals surface area contributed by atoms with Crippen LogP contribution < -0.4 is 4.74 Å². The number of rotatable bonds is 4. The van der Waals surface area contributed by atoms with Gasteiger partial charge in [-0.2, -0.15) is 0 Å². The molecule has 1 saturated carbocycles. The lowest BCUT2D eigenvalue weighted by Crippen LogP contribution is -2.54. The van der Waals surface area contributed by atoms with E-state index in [2.05, 4.69) is 4.90 Å². The van der Waals surface area contributed by atoms with Crippen LogP contribution in [0.3, 0.4) is 0 Å². The Morgan fingerprint density at radius 1 is 1.26 bits per heavy atom. The number of para-hydroxylation sites is 1. The molecule has 2 aliphatic rings. The molecule has 1 aliphatic heterocycles. The predicted molar refractivity (Wildman–Crippen MR) is 88.4 cm³/mol. The highest BCUT2D eigenvalue weighted by Gasteiger charge is 2.39. The molecule has 0 radical (unpaired) electrons. The van der Waals surface area contributed by atoms with Crippen molar-refractivity contribution in [3.8, 4) is 5.75 Å². The quantitative estimate of drug-likeness (QED) is 0.914. The van der Waals surface area contributed by atoms with Gasteiger partial charge in [-0.1, -0.05) is 24.6 Å². The summed E-state index contributed by atoms with van der Waals surface area (Å²) in [6.45, 7) is 4.17. The first-order chi connectivity index (χ1) is 11.1. The topological polar surface area (TPSA) is 53.0 Å². The molecule has 1 aliphatic carbocycles. The third-order valence-electron chi connectivity index (χ3n) is 4.93. The van der Waals surface area contributed by atoms with E-state index in [-0.39, 0.29) is 12.5 Å². The lowest BCUT2D eigenvalue weighted by molar-refractivity contribution is -0.132. The smallest absolute Gasteiger partial charge is 0.219 e. The maximum atomic E-state index is 11.8. The van der Waals surface area contributed by atoms with E-state index < -0.39 is 5.60 Å². The fourth-order valence-corrected chi connectivity index (χ4v) is 3.35. The number of hydrogen-bond acceptors (Lipinski definition) is 4. The molecule has 0 bridgehead atoms. The normalized spacial score (nSPS) is 26.4. The zero-order valence-electron chi connectivity index (χ0n) is 13.8. The van der Waals surface area contributed by atoms with Gasteiger partial charge in [0.15, 0.2) is 0 Å². The van der Waals surface area contributed by atoms with Crippen LogP contribution in [0.5, 0.6) is 5.75 Å². The summed E-state index contributed by atoms with van der Waals surface area (Å²) in [6, 6.07) is 10.1. The highest BCUT2D eigenvalue weighted by atomic mass is 16.5. The molecule has 0 aromatic heterocycles. The molecule has 2 fully saturated rings. The van der Waals surface area contributed by atoms with Crippen LogP contribution in [0.25, 0.3) is 0 Å². The van der Waals surface area contributed by atoms with E-state index in [1.165, 1.54) is 19.3 Å². The molecule has 5 heteroatoms. The highest BCUT2D eigenvalue weighted by molar-refractivity contribution is 5.73. The number of ether oxygens (including phenoxy) is 1. The zero-order valence-corrected chi connectivity index (χ0v) is 13.8. The maximum Gasteiger partial charge on any atom is 0.219 e. The second kappa shape index (κ2) is 6.89. The van der Waals surface area contributed by atoms with Crippen molar-refractivity contribution >= 4 is 5.91 Å². The van der Waals surface area contributed by atoms with Gasteiger partial charge in [0.05, 0.1) is 6.54 Å². The minimum absolute atomic E-state index is 0.0126. The fraction of sp³-hybridized carbons (Fsp3) is 0.611. The van der Waals surface area contributed by atoms with Crippen molar-refractivity contribution in [2.75, 3.05) is 32.8 Å². The Hall–Kier alpha value is -1.59. The molecule has 1 aromatic carbocycles. The SMILES string of the molecule is CC(=O)N1CCN(C2CCC2)C[C@@](O)(COc2ccccc2)C1. The molecule has 1 amide bonds. The average molecular weight is 318 g/mol. The van der Waals surface area contributed by atoms with Crippen LogP contribution in [0.15, 0.2) is 30.3 Å². The number of β-amino-alcohol motifs (C(OH)–C–C–N with tert-alkyl or cyclic N) is 1. The largest absolute Gasteiger partial charge is 0.490 e. The van der Waals surface area contributed by atoms with Gasteiger partial charge in [0.2, 0.25) is 5.91 Å². The van der Waals surface area contributed by atoms with Crippen LogP contribution in [0, 0.1) is 0 Å². The summed E-state index contributed by atoms with van der Waals surface area (Å²) in [5.74, 6) is 0.758. The summed E-state index contributed by atoms with van der Waals surface area (Å²) in [5.41, 5.74) is -1.03. The number of carbonyl (C=O) groups is 1. The number of amides is 1. The Kier molecular flexibility index (Phi) is 4.87. The fourth-order valence-electron chi connectivity index (χ4n) is 3.35. The Morgan fingerprint density at radius 3 is 2.61 bits per heavy atom. The van der Waals surface area contributed by atoms with Crippen LogP contribution in [0.4, 0.5) is 0 Å². The highest BCUT2D eigenvalue weighted by Crippen LogP contribution is 2.28. The molecule has 1 aromatic rings. The number of nitrogens with zero attached hydrogens (tertiary/aromatic N) is 2. The van der Waals surface area contributed by atoms with E-state index in [4.69, 9.17) is 4.74 Å². The Labute approximate surface area is 137 Å². The van der Waals surface area contributed by atoms with Gasteiger partial charge in [0.25, 0.3) is 0 Å². The standard InChI is InChI=1S/C18H26N2O3/c1-15(21)19-10-11-20(16-6-5-7-16)13-18(22,12-19)14-23-17-8-3-2-4-9-17/h2-4,8-9,16,22H,5-7,10-14H2,1H3/t18-/m1/s1. The molecule has 1 saturated heterocycles. The van der Waals surface area contributed by atoms with Crippen molar-refractivity contribution in [2.24, 2.45) is 0 Å². The molecular formula is C18H26N2O3. The van der Waals surface area contributed by atoms with Crippen molar-refractivity contribution in [3.05, 3.63) is 30.3 Å². The third kappa shape index (κ3) is 4.03. The second-order valence-electron chi connectivity index (χ2n) is 6.82. The zero-order chi connectivity index (χ0) is 16.3. The van der Waals surface area contributed by atoms with Crippen LogP contribution in [-0.4, -0.2) is 65.2 Å². The molecule has 126 valence electrons. The Morgan fingerprint density at radius 2 is 2.00 bits per heavy atom. The summed E-state index contributed by atoms with van der Waals surface area (Å²) in [5, 5.41) is 11.1. The van der Waals surface area contributed by atoms with Gasteiger partial charge in [0.1, 0.15) is 18.0 Å². The van der Waals surface area contributed by atoms with Crippen molar-refractivity contribution in [3.63, 3.8) is 0 Å². The average Bonchev–Trinajstić information content (AvgIpc) is 2.65. The molecule has 23 heavy (non-hydrogen) atoms. The molecule has 0 spiro atoms. The lowest BCUT2D eigenvalue weighted by atomic mass is 9.90. The molecular weight excluding hydrogens is 292 g/mol. The third-order valence-corrected chi connectivity index (χ3v) is 4.93. The van der Waals surface area contributed by atoms with Crippen molar-refractivity contribution in [1.29, 1.82) is 0 Å². The van der Waals surface area contributed by atoms with Crippen molar-refractivity contribution in [2.45, 2.75) is 37.8 Å². The first kappa shape index (κ1) is 16.3. The van der Waals surface area contributed by atoms with Crippen LogP contribution in [0.2, 0.25) is 0 Å². The van der Waals surface area contributed by atoms with Crippen molar-refractivity contribution < 1.29 is 14.6 Å². The van der Waals surface area contributed by atoms with Gasteiger partial charge in [-0.05, 0) is 25.0 Å². The minimum atomic E-state index is -1.03. The van der Waals surface area contributed by atoms with E-state index in [9.17, 15) is 9.90 Å². The maximum absolute atomic E-state index is 11.8. The monoisotopic (exact) mass is 318 g/mol. The van der Waals surface area contributed by atoms with Crippen LogP contribution >= 0.6 is 0 Å². The van der Waals surface area contributed by atoms with E-state index in [1.54, 1.807) is 11.8 Å². The Bertz CT molecular complexity index is 532. The summed E-state index contributed by atoms with van der Waals surface area (Å²) < 4.78 is 5.80. The van der Waals surface area contributed by atoms with Crippen molar-refractivity contribution in [1.82, 2.24) is 9.80 Å². The summed E-state index contributed by atoms with van der Waals surface area (Å²) in [7, 11) is 0. The molecule has 1 N–H and O–H groups in total. The van der Waals surface area contributed by atoms with Crippen LogP contribution in [0.1, 0.15) is 26.2 Å². The Balaban J connectivity index is 1.70. The number of benzene rings is 1. The summed E-state index contributed by atoms with van der Waals surface area (Å²) >= 11 is 0. The first-order valence-corrected chi connectivity index (χ1v) is 8.46. The van der Waals surface area contributed by atoms with Gasteiger partial charge in [0, 0.05) is 32.6 Å². The molecule has 5 nitrogen and oxygen atoms in total. The van der Waals surface area contributed by atoms with E-state index in [1.807, 2.05) is 30.3 Å². The molecule has 1 heterocycles. The van der Waals surface area contributed by atoms with Gasteiger partial charge in [-0.25, -0.2) is 0 Å². The summed E-state index contributed by atoms with van der Waals surface area (Å²) in [6.07, 6.45) is 3.64. The number of hydrogen-bond donors (Lipinski definition) is 1. The van der Waals surface area contributed by atoms with E-state index >= 15 is 0 Å². The molecule has 0 unspecified atom stereocenters.